The number of aliphatic hydroxyl groups excluding tert-OH is 1. The Hall–Kier alpha value is -1.26. The summed E-state index contributed by atoms with van der Waals surface area (Å²) in [7, 11) is 3.32. The van der Waals surface area contributed by atoms with Crippen molar-refractivity contribution >= 4 is 0 Å². The van der Waals surface area contributed by atoms with Crippen molar-refractivity contribution < 1.29 is 14.6 Å². The zero-order chi connectivity index (χ0) is 13.2. The summed E-state index contributed by atoms with van der Waals surface area (Å²) in [5, 5.41) is 9.23. The quantitative estimate of drug-likeness (QED) is 0.861. The van der Waals surface area contributed by atoms with Gasteiger partial charge in [-0.2, -0.15) is 0 Å². The number of hydrogen-bond donors (Lipinski definition) is 1. The summed E-state index contributed by atoms with van der Waals surface area (Å²) in [5.74, 6) is 1.63. The van der Waals surface area contributed by atoms with Gasteiger partial charge in [0.05, 0.1) is 20.8 Å². The second-order valence-corrected chi connectivity index (χ2v) is 5.33. The first-order valence-electron chi connectivity index (χ1n) is 6.14. The summed E-state index contributed by atoms with van der Waals surface area (Å²) in [5.41, 5.74) is 1.24. The number of ether oxygens (including phenoxy) is 2. The van der Waals surface area contributed by atoms with Crippen LogP contribution in [0.15, 0.2) is 18.2 Å². The van der Waals surface area contributed by atoms with Gasteiger partial charge in [0.25, 0.3) is 0 Å². The molecule has 18 heavy (non-hydrogen) atoms. The minimum absolute atomic E-state index is 0.0724. The number of aliphatic hydroxyl groups is 1. The van der Waals surface area contributed by atoms with Crippen LogP contribution in [0.3, 0.4) is 0 Å². The lowest BCUT2D eigenvalue weighted by Gasteiger charge is -2.47. The summed E-state index contributed by atoms with van der Waals surface area (Å²) in [6.45, 7) is 5.09. The number of hydrogen-bond acceptors (Lipinski definition) is 4. The van der Waals surface area contributed by atoms with Crippen LogP contribution in [0.5, 0.6) is 11.5 Å². The number of nitrogens with zero attached hydrogens (tertiary/aromatic N) is 1. The van der Waals surface area contributed by atoms with Crippen LogP contribution in [-0.4, -0.2) is 43.9 Å². The number of methoxy groups -OCH3 is 2. The van der Waals surface area contributed by atoms with Crippen molar-refractivity contribution in [2.75, 3.05) is 33.9 Å². The molecule has 0 radical (unpaired) electrons. The molecule has 0 saturated carbocycles. The molecule has 0 aliphatic carbocycles. The van der Waals surface area contributed by atoms with Crippen LogP contribution in [0.4, 0.5) is 0 Å². The third-order valence-corrected chi connectivity index (χ3v) is 3.41. The summed E-state index contributed by atoms with van der Waals surface area (Å²) in [6.07, 6.45) is 0. The molecule has 1 heterocycles. The molecule has 0 amide bonds. The molecule has 2 rings (SSSR count). The van der Waals surface area contributed by atoms with E-state index in [-0.39, 0.29) is 12.0 Å². The van der Waals surface area contributed by atoms with Gasteiger partial charge in [0, 0.05) is 31.1 Å². The van der Waals surface area contributed by atoms with Crippen molar-refractivity contribution in [3.05, 3.63) is 23.8 Å². The van der Waals surface area contributed by atoms with E-state index in [9.17, 15) is 5.11 Å². The zero-order valence-electron chi connectivity index (χ0n) is 11.3. The van der Waals surface area contributed by atoms with E-state index in [0.29, 0.717) is 0 Å². The molecule has 1 aromatic rings. The minimum atomic E-state index is 0.0724. The van der Waals surface area contributed by atoms with E-state index in [1.54, 1.807) is 14.2 Å². The Labute approximate surface area is 108 Å². The van der Waals surface area contributed by atoms with Crippen molar-refractivity contribution in [2.24, 2.45) is 5.41 Å². The van der Waals surface area contributed by atoms with E-state index in [2.05, 4.69) is 11.8 Å². The fraction of sp³-hybridized carbons (Fsp3) is 0.571. The van der Waals surface area contributed by atoms with E-state index in [1.165, 1.54) is 5.56 Å². The van der Waals surface area contributed by atoms with Gasteiger partial charge in [-0.3, -0.25) is 4.90 Å². The van der Waals surface area contributed by atoms with E-state index < -0.39 is 0 Å². The maximum atomic E-state index is 9.23. The van der Waals surface area contributed by atoms with Crippen LogP contribution in [0, 0.1) is 5.41 Å². The van der Waals surface area contributed by atoms with E-state index in [4.69, 9.17) is 9.47 Å². The fourth-order valence-electron chi connectivity index (χ4n) is 2.46. The first-order chi connectivity index (χ1) is 8.58. The molecule has 0 bridgehead atoms. The predicted octanol–water partition coefficient (Wildman–Crippen LogP) is 1.52. The zero-order valence-corrected chi connectivity index (χ0v) is 11.3. The van der Waals surface area contributed by atoms with Gasteiger partial charge in [-0.15, -0.1) is 0 Å². The maximum absolute atomic E-state index is 9.23. The fourth-order valence-corrected chi connectivity index (χ4v) is 2.46. The largest absolute Gasteiger partial charge is 0.497 e. The van der Waals surface area contributed by atoms with Gasteiger partial charge in [-0.1, -0.05) is 6.92 Å². The van der Waals surface area contributed by atoms with Gasteiger partial charge in [0.2, 0.25) is 0 Å². The van der Waals surface area contributed by atoms with Crippen LogP contribution in [0.2, 0.25) is 0 Å². The lowest BCUT2D eigenvalue weighted by atomic mass is 9.83. The highest BCUT2D eigenvalue weighted by Gasteiger charge is 2.37. The molecule has 1 aliphatic heterocycles. The second kappa shape index (κ2) is 5.16. The summed E-state index contributed by atoms with van der Waals surface area (Å²) in [6, 6.07) is 5.92. The highest BCUT2D eigenvalue weighted by Crippen LogP contribution is 2.31. The molecule has 0 aromatic heterocycles. The third-order valence-electron chi connectivity index (χ3n) is 3.41. The summed E-state index contributed by atoms with van der Waals surface area (Å²) in [4.78, 5) is 2.31. The molecule has 1 aromatic carbocycles. The van der Waals surface area contributed by atoms with Gasteiger partial charge in [0.15, 0.2) is 0 Å². The molecular formula is C14H21NO3. The normalized spacial score (nSPS) is 18.2. The van der Waals surface area contributed by atoms with Gasteiger partial charge in [-0.05, 0) is 17.7 Å². The van der Waals surface area contributed by atoms with Crippen LogP contribution in [0.25, 0.3) is 0 Å². The Kier molecular flexibility index (Phi) is 3.78. The minimum Gasteiger partial charge on any atom is -0.497 e. The predicted molar refractivity (Wildman–Crippen MR) is 70.0 cm³/mol. The molecular weight excluding hydrogens is 230 g/mol. The van der Waals surface area contributed by atoms with Gasteiger partial charge in [-0.25, -0.2) is 0 Å². The SMILES string of the molecule is COc1cc(CN2CC(C)(CO)C2)cc(OC)c1. The Morgan fingerprint density at radius 2 is 1.72 bits per heavy atom. The Bertz CT molecular complexity index is 391. The smallest absolute Gasteiger partial charge is 0.122 e. The van der Waals surface area contributed by atoms with Crippen LogP contribution >= 0.6 is 0 Å². The molecule has 0 unspecified atom stereocenters. The molecule has 4 heteroatoms. The molecule has 1 N–H and O–H groups in total. The van der Waals surface area contributed by atoms with Crippen LogP contribution < -0.4 is 9.47 Å². The standard InChI is InChI=1S/C14H21NO3/c1-14(10-16)8-15(9-14)7-11-4-12(17-2)6-13(5-11)18-3/h4-6,16H,7-10H2,1-3H3. The number of rotatable bonds is 5. The van der Waals surface area contributed by atoms with Crippen molar-refractivity contribution in [3.8, 4) is 11.5 Å². The lowest BCUT2D eigenvalue weighted by molar-refractivity contribution is -0.0319. The van der Waals surface area contributed by atoms with Crippen molar-refractivity contribution in [3.63, 3.8) is 0 Å². The molecule has 0 spiro atoms. The lowest BCUT2D eigenvalue weighted by Crippen LogP contribution is -2.55. The molecule has 4 nitrogen and oxygen atoms in total. The molecule has 0 atom stereocenters. The van der Waals surface area contributed by atoms with Gasteiger partial charge >= 0.3 is 0 Å². The van der Waals surface area contributed by atoms with Crippen molar-refractivity contribution in [2.45, 2.75) is 13.5 Å². The summed E-state index contributed by atoms with van der Waals surface area (Å²) < 4.78 is 10.5. The van der Waals surface area contributed by atoms with E-state index in [0.717, 1.165) is 31.1 Å². The average Bonchev–Trinajstić information content (AvgIpc) is 2.36. The number of likely N-dealkylation sites (tertiary alicyclic amines) is 1. The van der Waals surface area contributed by atoms with E-state index >= 15 is 0 Å². The first-order valence-corrected chi connectivity index (χ1v) is 6.14. The summed E-state index contributed by atoms with van der Waals surface area (Å²) >= 11 is 0. The Morgan fingerprint density at radius 3 is 2.17 bits per heavy atom. The van der Waals surface area contributed by atoms with Gasteiger partial charge < -0.3 is 14.6 Å². The van der Waals surface area contributed by atoms with Gasteiger partial charge in [0.1, 0.15) is 11.5 Å². The third kappa shape index (κ3) is 2.76. The van der Waals surface area contributed by atoms with E-state index in [1.807, 2.05) is 18.2 Å². The van der Waals surface area contributed by atoms with Crippen LogP contribution in [0.1, 0.15) is 12.5 Å². The second-order valence-electron chi connectivity index (χ2n) is 5.33. The Morgan fingerprint density at radius 1 is 1.17 bits per heavy atom. The highest BCUT2D eigenvalue weighted by molar-refractivity contribution is 5.38. The average molecular weight is 251 g/mol. The molecule has 1 fully saturated rings. The van der Waals surface area contributed by atoms with Crippen molar-refractivity contribution in [1.82, 2.24) is 4.90 Å². The molecule has 1 saturated heterocycles. The molecule has 100 valence electrons. The maximum Gasteiger partial charge on any atom is 0.122 e. The van der Waals surface area contributed by atoms with Crippen molar-refractivity contribution in [1.29, 1.82) is 0 Å². The number of benzene rings is 1. The highest BCUT2D eigenvalue weighted by atomic mass is 16.5. The van der Waals surface area contributed by atoms with Crippen LogP contribution in [-0.2, 0) is 6.54 Å². The first kappa shape index (κ1) is 13.2. The Balaban J connectivity index is 2.02. The monoisotopic (exact) mass is 251 g/mol. The molecule has 1 aliphatic rings. The topological polar surface area (TPSA) is 41.9 Å².